The molecule has 0 aliphatic heterocycles. The van der Waals surface area contributed by atoms with Gasteiger partial charge in [-0.15, -0.1) is 24.0 Å². The minimum absolute atomic E-state index is 0. The Labute approximate surface area is 178 Å². The van der Waals surface area contributed by atoms with Gasteiger partial charge in [-0.2, -0.15) is 0 Å². The van der Waals surface area contributed by atoms with Crippen molar-refractivity contribution in [1.82, 2.24) is 10.2 Å². The Morgan fingerprint density at radius 2 is 1.78 bits per heavy atom. The van der Waals surface area contributed by atoms with Gasteiger partial charge in [-0.05, 0) is 18.2 Å². The molecule has 27 heavy (non-hydrogen) atoms. The van der Waals surface area contributed by atoms with Crippen LogP contribution in [0.1, 0.15) is 5.56 Å². The maximum Gasteiger partial charge on any atom is 0.193 e. The van der Waals surface area contributed by atoms with Gasteiger partial charge >= 0.3 is 0 Å². The summed E-state index contributed by atoms with van der Waals surface area (Å²) in [4.78, 5) is 6.37. The van der Waals surface area contributed by atoms with Crippen molar-refractivity contribution >= 4 is 29.9 Å². The topological polar surface area (TPSA) is 55.3 Å². The first-order valence-electron chi connectivity index (χ1n) is 8.48. The third-order valence-corrected chi connectivity index (χ3v) is 3.87. The molecule has 6 nitrogen and oxygen atoms in total. The van der Waals surface area contributed by atoms with Crippen molar-refractivity contribution in [2.24, 2.45) is 4.99 Å². The molecule has 0 fully saturated rings. The molecule has 1 N–H and O–H groups in total. The summed E-state index contributed by atoms with van der Waals surface area (Å²) in [7, 11) is 7.08. The Balaban J connectivity index is 0.00000364. The van der Waals surface area contributed by atoms with E-state index < -0.39 is 0 Å². The third kappa shape index (κ3) is 7.16. The van der Waals surface area contributed by atoms with Crippen molar-refractivity contribution in [2.45, 2.75) is 6.54 Å². The number of halogens is 1. The summed E-state index contributed by atoms with van der Waals surface area (Å²) in [6, 6.07) is 15.5. The fourth-order valence-electron chi connectivity index (χ4n) is 2.57. The van der Waals surface area contributed by atoms with Crippen LogP contribution in [0.5, 0.6) is 17.2 Å². The summed E-state index contributed by atoms with van der Waals surface area (Å²) in [6.45, 7) is 1.86. The summed E-state index contributed by atoms with van der Waals surface area (Å²) in [5, 5.41) is 3.30. The lowest BCUT2D eigenvalue weighted by Crippen LogP contribution is -2.40. The first-order chi connectivity index (χ1) is 12.7. The van der Waals surface area contributed by atoms with Crippen LogP contribution < -0.4 is 19.5 Å². The van der Waals surface area contributed by atoms with Gasteiger partial charge in [0.2, 0.25) is 0 Å². The molecule has 0 saturated heterocycles. The Bertz CT molecular complexity index is 725. The average Bonchev–Trinajstić information content (AvgIpc) is 2.68. The maximum absolute atomic E-state index is 5.74. The molecule has 2 aromatic carbocycles. The summed E-state index contributed by atoms with van der Waals surface area (Å²) in [6.07, 6.45) is 0. The van der Waals surface area contributed by atoms with Crippen LogP contribution in [0.4, 0.5) is 0 Å². The van der Waals surface area contributed by atoms with Crippen molar-refractivity contribution in [2.75, 3.05) is 41.5 Å². The number of aliphatic imine (C=N–C) groups is 1. The number of ether oxygens (including phenoxy) is 3. The van der Waals surface area contributed by atoms with Crippen molar-refractivity contribution in [3.05, 3.63) is 54.1 Å². The minimum Gasteiger partial charge on any atom is -0.497 e. The molecule has 0 amide bonds. The van der Waals surface area contributed by atoms with Gasteiger partial charge in [-0.25, -0.2) is 0 Å². The first-order valence-corrected chi connectivity index (χ1v) is 8.48. The molecule has 0 atom stereocenters. The van der Waals surface area contributed by atoms with E-state index >= 15 is 0 Å². The lowest BCUT2D eigenvalue weighted by atomic mass is 10.2. The molecule has 0 aliphatic rings. The molecule has 2 rings (SSSR count). The van der Waals surface area contributed by atoms with Gasteiger partial charge in [-0.1, -0.05) is 24.3 Å². The molecule has 2 aromatic rings. The van der Waals surface area contributed by atoms with Crippen LogP contribution in [0.2, 0.25) is 0 Å². The van der Waals surface area contributed by atoms with Crippen LogP contribution in [-0.4, -0.2) is 52.3 Å². The van der Waals surface area contributed by atoms with Crippen LogP contribution in [-0.2, 0) is 6.54 Å². The molecule has 7 heteroatoms. The van der Waals surface area contributed by atoms with Crippen LogP contribution in [0, 0.1) is 0 Å². The average molecular weight is 485 g/mol. The number of nitrogens with zero attached hydrogens (tertiary/aromatic N) is 2. The zero-order chi connectivity index (χ0) is 18.8. The van der Waals surface area contributed by atoms with Gasteiger partial charge in [0.15, 0.2) is 5.96 Å². The molecule has 0 saturated carbocycles. The molecule has 0 aromatic heterocycles. The molecule has 0 unspecified atom stereocenters. The Kier molecular flexibility index (Phi) is 10.4. The SMILES string of the molecule is CN=C(NCCOc1cccc(OC)c1)N(C)Cc1ccccc1OC.I. The number of rotatable bonds is 8. The lowest BCUT2D eigenvalue weighted by molar-refractivity contribution is 0.316. The van der Waals surface area contributed by atoms with Gasteiger partial charge in [-0.3, -0.25) is 4.99 Å². The Morgan fingerprint density at radius 3 is 2.48 bits per heavy atom. The zero-order valence-electron chi connectivity index (χ0n) is 16.3. The molecular weight excluding hydrogens is 457 g/mol. The van der Waals surface area contributed by atoms with Crippen molar-refractivity contribution in [3.8, 4) is 17.2 Å². The number of methoxy groups -OCH3 is 2. The van der Waals surface area contributed by atoms with Gasteiger partial charge in [0.05, 0.1) is 20.8 Å². The molecule has 0 spiro atoms. The third-order valence-electron chi connectivity index (χ3n) is 3.87. The van der Waals surface area contributed by atoms with Gasteiger partial charge in [0.1, 0.15) is 23.9 Å². The lowest BCUT2D eigenvalue weighted by Gasteiger charge is -2.23. The van der Waals surface area contributed by atoms with E-state index in [0.717, 1.165) is 28.8 Å². The predicted molar refractivity (Wildman–Crippen MR) is 120 cm³/mol. The summed E-state index contributed by atoms with van der Waals surface area (Å²) >= 11 is 0. The number of para-hydroxylation sites is 1. The number of guanidine groups is 1. The summed E-state index contributed by atoms with van der Waals surface area (Å²) in [5.41, 5.74) is 1.10. The fourth-order valence-corrected chi connectivity index (χ4v) is 2.57. The number of benzene rings is 2. The van der Waals surface area contributed by atoms with Crippen molar-refractivity contribution in [3.63, 3.8) is 0 Å². The highest BCUT2D eigenvalue weighted by molar-refractivity contribution is 14.0. The van der Waals surface area contributed by atoms with E-state index in [0.29, 0.717) is 19.7 Å². The first kappa shape index (κ1) is 22.9. The summed E-state index contributed by atoms with van der Waals surface area (Å²) < 4.78 is 16.3. The summed E-state index contributed by atoms with van der Waals surface area (Å²) in [5.74, 6) is 3.23. The fraction of sp³-hybridized carbons (Fsp3) is 0.350. The van der Waals surface area contributed by atoms with Crippen LogP contribution in [0.15, 0.2) is 53.5 Å². The monoisotopic (exact) mass is 485 g/mol. The predicted octanol–water partition coefficient (Wildman–Crippen LogP) is 3.41. The van der Waals surface area contributed by atoms with Gasteiger partial charge in [0.25, 0.3) is 0 Å². The van der Waals surface area contributed by atoms with E-state index in [1.807, 2.05) is 54.4 Å². The van der Waals surface area contributed by atoms with Crippen LogP contribution in [0.3, 0.4) is 0 Å². The smallest absolute Gasteiger partial charge is 0.193 e. The standard InChI is InChI=1S/C20H27N3O3.HI/c1-21-20(23(2)15-16-8-5-6-11-19(16)25-4)22-12-13-26-18-10-7-9-17(14-18)24-3;/h5-11,14H,12-13,15H2,1-4H3,(H,21,22);1H. The highest BCUT2D eigenvalue weighted by atomic mass is 127. The zero-order valence-corrected chi connectivity index (χ0v) is 18.6. The van der Waals surface area contributed by atoms with Gasteiger partial charge < -0.3 is 24.4 Å². The second kappa shape index (κ2) is 12.3. The maximum atomic E-state index is 5.74. The van der Waals surface area contributed by atoms with E-state index in [4.69, 9.17) is 14.2 Å². The minimum atomic E-state index is 0. The van der Waals surface area contributed by atoms with Crippen LogP contribution in [0.25, 0.3) is 0 Å². The van der Waals surface area contributed by atoms with Crippen LogP contribution >= 0.6 is 24.0 Å². The molecule has 0 aliphatic carbocycles. The molecular formula is C20H28IN3O3. The highest BCUT2D eigenvalue weighted by Crippen LogP contribution is 2.19. The van der Waals surface area contributed by atoms with E-state index in [-0.39, 0.29) is 24.0 Å². The Morgan fingerprint density at radius 1 is 1.04 bits per heavy atom. The normalized spacial score (nSPS) is 10.6. The molecule has 148 valence electrons. The quantitative estimate of drug-likeness (QED) is 0.269. The molecule has 0 bridgehead atoms. The molecule has 0 heterocycles. The van der Waals surface area contributed by atoms with E-state index in [1.54, 1.807) is 21.3 Å². The van der Waals surface area contributed by atoms with E-state index in [2.05, 4.69) is 16.4 Å². The van der Waals surface area contributed by atoms with E-state index in [1.165, 1.54) is 0 Å². The second-order valence-electron chi connectivity index (χ2n) is 5.67. The Hall–Kier alpha value is -2.16. The number of hydrogen-bond acceptors (Lipinski definition) is 4. The van der Waals surface area contributed by atoms with E-state index in [9.17, 15) is 0 Å². The largest absolute Gasteiger partial charge is 0.497 e. The van der Waals surface area contributed by atoms with Crippen molar-refractivity contribution in [1.29, 1.82) is 0 Å². The number of nitrogens with one attached hydrogen (secondary N) is 1. The number of hydrogen-bond donors (Lipinski definition) is 1. The molecule has 0 radical (unpaired) electrons. The second-order valence-corrected chi connectivity index (χ2v) is 5.67. The van der Waals surface area contributed by atoms with Gasteiger partial charge in [0, 0.05) is 32.3 Å². The van der Waals surface area contributed by atoms with Crippen molar-refractivity contribution < 1.29 is 14.2 Å². The highest BCUT2D eigenvalue weighted by Gasteiger charge is 2.09.